The molecule has 0 aliphatic heterocycles. The van der Waals surface area contributed by atoms with Crippen LogP contribution in [0.2, 0.25) is 5.02 Å². The molecule has 0 radical (unpaired) electrons. The Labute approximate surface area is 198 Å². The van der Waals surface area contributed by atoms with Crippen molar-refractivity contribution in [1.82, 2.24) is 15.6 Å². The molecule has 0 aliphatic carbocycles. The van der Waals surface area contributed by atoms with Crippen LogP contribution >= 0.6 is 11.6 Å². The van der Waals surface area contributed by atoms with Gasteiger partial charge in [-0.25, -0.2) is 13.6 Å². The van der Waals surface area contributed by atoms with Crippen LogP contribution < -0.4 is 10.6 Å². The molecule has 1 aromatic heterocycles. The summed E-state index contributed by atoms with van der Waals surface area (Å²) in [6.45, 7) is 3.37. The summed E-state index contributed by atoms with van der Waals surface area (Å²) < 4.78 is 69.8. The van der Waals surface area contributed by atoms with E-state index in [-0.39, 0.29) is 34.3 Å². The van der Waals surface area contributed by atoms with Crippen molar-refractivity contribution >= 4 is 17.6 Å². The van der Waals surface area contributed by atoms with Gasteiger partial charge >= 0.3 is 12.2 Å². The first-order valence-corrected chi connectivity index (χ1v) is 10.6. The van der Waals surface area contributed by atoms with E-state index in [9.17, 15) is 26.7 Å². The summed E-state index contributed by atoms with van der Waals surface area (Å²) in [6, 6.07) is 9.23. The molecule has 0 bridgehead atoms. The minimum atomic E-state index is -4.87. The number of benzene rings is 2. The van der Waals surface area contributed by atoms with Crippen LogP contribution in [0.4, 0.5) is 26.7 Å². The molecule has 0 spiro atoms. The van der Waals surface area contributed by atoms with Gasteiger partial charge in [0.2, 0.25) is 0 Å². The van der Waals surface area contributed by atoms with Crippen LogP contribution in [0.25, 0.3) is 0 Å². The minimum Gasteiger partial charge on any atom is -0.336 e. The second-order valence-electron chi connectivity index (χ2n) is 8.01. The SMILES string of the molecule is CC(C)NC(=O)N[C@](Cc1ccccc1F)(c1cc(F)cc(C(F)(F)F)c1)c1ccc(Cl)cn1. The Morgan fingerprint density at radius 1 is 1.03 bits per heavy atom. The highest BCUT2D eigenvalue weighted by molar-refractivity contribution is 6.30. The Bertz CT molecular complexity index is 1170. The Morgan fingerprint density at radius 2 is 1.71 bits per heavy atom. The smallest absolute Gasteiger partial charge is 0.336 e. The molecule has 180 valence electrons. The number of alkyl halides is 3. The van der Waals surface area contributed by atoms with Gasteiger partial charge in [-0.2, -0.15) is 13.2 Å². The van der Waals surface area contributed by atoms with Crippen LogP contribution in [0, 0.1) is 11.6 Å². The van der Waals surface area contributed by atoms with Crippen molar-refractivity contribution in [3.63, 3.8) is 0 Å². The van der Waals surface area contributed by atoms with E-state index in [0.29, 0.717) is 6.07 Å². The van der Waals surface area contributed by atoms with Gasteiger partial charge in [0.15, 0.2) is 0 Å². The zero-order valence-electron chi connectivity index (χ0n) is 18.2. The molecule has 3 rings (SSSR count). The second kappa shape index (κ2) is 9.97. The molecule has 3 aromatic rings. The highest BCUT2D eigenvalue weighted by Crippen LogP contribution is 2.38. The van der Waals surface area contributed by atoms with Gasteiger partial charge in [0, 0.05) is 18.7 Å². The summed E-state index contributed by atoms with van der Waals surface area (Å²) in [7, 11) is 0. The average Bonchev–Trinajstić information content (AvgIpc) is 2.73. The van der Waals surface area contributed by atoms with E-state index in [1.165, 1.54) is 36.5 Å². The Hall–Kier alpha value is -3.20. The number of carbonyl (C=O) groups is 1. The molecule has 0 saturated heterocycles. The van der Waals surface area contributed by atoms with Crippen molar-refractivity contribution < 1.29 is 26.7 Å². The number of carbonyl (C=O) groups excluding carboxylic acids is 1. The van der Waals surface area contributed by atoms with Crippen LogP contribution in [0.1, 0.15) is 36.2 Å². The van der Waals surface area contributed by atoms with E-state index in [0.717, 1.165) is 12.1 Å². The van der Waals surface area contributed by atoms with E-state index in [4.69, 9.17) is 11.6 Å². The van der Waals surface area contributed by atoms with Crippen molar-refractivity contribution in [3.05, 3.63) is 99.8 Å². The van der Waals surface area contributed by atoms with Crippen LogP contribution in [-0.2, 0) is 18.1 Å². The topological polar surface area (TPSA) is 54.0 Å². The van der Waals surface area contributed by atoms with Gasteiger partial charge in [0.25, 0.3) is 0 Å². The maximum absolute atomic E-state index is 14.7. The monoisotopic (exact) mass is 497 g/mol. The fourth-order valence-corrected chi connectivity index (χ4v) is 3.68. The van der Waals surface area contributed by atoms with E-state index < -0.39 is 34.9 Å². The highest BCUT2D eigenvalue weighted by atomic mass is 35.5. The van der Waals surface area contributed by atoms with Crippen LogP contribution in [-0.4, -0.2) is 17.1 Å². The number of rotatable bonds is 6. The molecular formula is C24H21ClF5N3O. The number of hydrogen-bond donors (Lipinski definition) is 2. The molecule has 1 heterocycles. The number of aromatic nitrogens is 1. The van der Waals surface area contributed by atoms with Gasteiger partial charge in [0.05, 0.1) is 16.3 Å². The quantitative estimate of drug-likeness (QED) is 0.397. The van der Waals surface area contributed by atoms with Crippen LogP contribution in [0.5, 0.6) is 0 Å². The lowest BCUT2D eigenvalue weighted by Gasteiger charge is -2.36. The van der Waals surface area contributed by atoms with Gasteiger partial charge < -0.3 is 10.6 Å². The van der Waals surface area contributed by atoms with Gasteiger partial charge in [0.1, 0.15) is 17.2 Å². The maximum Gasteiger partial charge on any atom is 0.416 e. The first kappa shape index (κ1) is 25.4. The molecule has 0 aliphatic rings. The van der Waals surface area contributed by atoms with E-state index >= 15 is 0 Å². The Kier molecular flexibility index (Phi) is 7.45. The summed E-state index contributed by atoms with van der Waals surface area (Å²) in [5.74, 6) is -1.83. The molecule has 2 amide bonds. The molecule has 4 nitrogen and oxygen atoms in total. The summed E-state index contributed by atoms with van der Waals surface area (Å²) in [5.41, 5.74) is -3.30. The Morgan fingerprint density at radius 3 is 2.29 bits per heavy atom. The van der Waals surface area contributed by atoms with Gasteiger partial charge in [-0.3, -0.25) is 4.98 Å². The van der Waals surface area contributed by atoms with Crippen molar-refractivity contribution in [1.29, 1.82) is 0 Å². The fourth-order valence-electron chi connectivity index (χ4n) is 3.57. The third-order valence-corrected chi connectivity index (χ3v) is 5.27. The van der Waals surface area contributed by atoms with Crippen LogP contribution in [0.15, 0.2) is 60.8 Å². The molecule has 0 fully saturated rings. The summed E-state index contributed by atoms with van der Waals surface area (Å²) >= 11 is 5.95. The number of nitrogens with zero attached hydrogens (tertiary/aromatic N) is 1. The third kappa shape index (κ3) is 5.83. The summed E-state index contributed by atoms with van der Waals surface area (Å²) in [6.07, 6.45) is -3.99. The third-order valence-electron chi connectivity index (χ3n) is 5.04. The molecule has 1 atom stereocenters. The number of pyridine rings is 1. The average molecular weight is 498 g/mol. The normalized spacial score (nSPS) is 13.4. The minimum absolute atomic E-state index is 0.0396. The number of hydrogen-bond acceptors (Lipinski definition) is 2. The molecular weight excluding hydrogens is 477 g/mol. The lowest BCUT2D eigenvalue weighted by atomic mass is 9.79. The molecule has 0 unspecified atom stereocenters. The number of halogens is 6. The number of amides is 2. The van der Waals surface area contributed by atoms with Crippen LogP contribution in [0.3, 0.4) is 0 Å². The molecule has 0 saturated carbocycles. The predicted octanol–water partition coefficient (Wildman–Crippen LogP) is 6.23. The predicted molar refractivity (Wildman–Crippen MR) is 118 cm³/mol. The zero-order valence-corrected chi connectivity index (χ0v) is 18.9. The summed E-state index contributed by atoms with van der Waals surface area (Å²) in [4.78, 5) is 17.0. The summed E-state index contributed by atoms with van der Waals surface area (Å²) in [5, 5.41) is 5.46. The first-order valence-electron chi connectivity index (χ1n) is 10.2. The largest absolute Gasteiger partial charge is 0.416 e. The molecule has 10 heteroatoms. The number of urea groups is 1. The van der Waals surface area contributed by atoms with Crippen molar-refractivity contribution in [3.8, 4) is 0 Å². The first-order chi connectivity index (χ1) is 15.9. The number of nitrogens with one attached hydrogen (secondary N) is 2. The zero-order chi connectivity index (χ0) is 25.1. The van der Waals surface area contributed by atoms with Crippen molar-refractivity contribution in [2.24, 2.45) is 0 Å². The fraction of sp³-hybridized carbons (Fsp3) is 0.250. The van der Waals surface area contributed by atoms with E-state index in [1.54, 1.807) is 19.9 Å². The molecule has 34 heavy (non-hydrogen) atoms. The van der Waals surface area contributed by atoms with E-state index in [1.807, 2.05) is 0 Å². The van der Waals surface area contributed by atoms with Crippen molar-refractivity contribution in [2.75, 3.05) is 0 Å². The lowest BCUT2D eigenvalue weighted by Crippen LogP contribution is -2.54. The van der Waals surface area contributed by atoms with Gasteiger partial charge in [-0.15, -0.1) is 0 Å². The standard InChI is InChI=1S/C24H21ClF5N3O/c1-14(2)32-22(34)33-23(21-8-7-18(25)13-31-21,12-15-5-3-4-6-20(15)27)16-9-17(24(28,29)30)11-19(26)10-16/h3-11,13-14H,12H2,1-2H3,(H2,32,33,34)/t23-/m1/s1. The van der Waals surface area contributed by atoms with Crippen molar-refractivity contribution in [2.45, 2.75) is 38.0 Å². The van der Waals surface area contributed by atoms with Gasteiger partial charge in [-0.1, -0.05) is 29.8 Å². The molecule has 2 N–H and O–H groups in total. The highest BCUT2D eigenvalue weighted by Gasteiger charge is 2.41. The maximum atomic E-state index is 14.7. The lowest BCUT2D eigenvalue weighted by molar-refractivity contribution is -0.137. The molecule has 2 aromatic carbocycles. The van der Waals surface area contributed by atoms with E-state index in [2.05, 4.69) is 15.6 Å². The Balaban J connectivity index is 2.32. The second-order valence-corrected chi connectivity index (χ2v) is 8.45. The van der Waals surface area contributed by atoms with Gasteiger partial charge in [-0.05, 0) is 61.4 Å².